The number of carbonyl (C=O) groups is 4. The molecular weight excluding hydrogens is 515 g/mol. The molecule has 0 atom stereocenters. The van der Waals surface area contributed by atoms with Crippen molar-refractivity contribution >= 4 is 23.8 Å². The Morgan fingerprint density at radius 2 is 1.46 bits per heavy atom. The molecule has 39 heavy (non-hydrogen) atoms. The van der Waals surface area contributed by atoms with Crippen LogP contribution in [0.4, 0.5) is 18.0 Å². The number of fused-ring (bicyclic) bond motifs is 1. The summed E-state index contributed by atoms with van der Waals surface area (Å²) >= 11 is 0. The van der Waals surface area contributed by atoms with E-state index < -0.39 is 41.2 Å². The van der Waals surface area contributed by atoms with E-state index in [0.29, 0.717) is 24.0 Å². The number of ether oxygens (including phenoxy) is 1. The lowest BCUT2D eigenvalue weighted by Crippen LogP contribution is -2.52. The van der Waals surface area contributed by atoms with Crippen molar-refractivity contribution in [3.05, 3.63) is 70.8 Å². The number of carbonyl (C=O) groups excluding carboxylic acids is 4. The first kappa shape index (κ1) is 28.1. The number of hydrogen-bond acceptors (Lipinski definition) is 5. The molecule has 4 amide bonds. The number of likely N-dealkylation sites (tertiary alicyclic amines) is 1. The molecule has 2 aromatic rings. The molecule has 0 aliphatic carbocycles. The zero-order chi connectivity index (χ0) is 28.5. The lowest BCUT2D eigenvalue weighted by molar-refractivity contribution is -0.137. The highest BCUT2D eigenvalue weighted by Crippen LogP contribution is 2.30. The molecule has 0 bridgehead atoms. The molecule has 0 spiro atoms. The Labute approximate surface area is 224 Å². The van der Waals surface area contributed by atoms with Crippen LogP contribution in [-0.2, 0) is 10.9 Å². The van der Waals surface area contributed by atoms with Crippen LogP contribution >= 0.6 is 0 Å². The predicted octanol–water partition coefficient (Wildman–Crippen LogP) is 4.84. The summed E-state index contributed by atoms with van der Waals surface area (Å²) in [5.41, 5.74) is -0.813. The topological polar surface area (TPSA) is 87.2 Å². The highest BCUT2D eigenvalue weighted by molar-refractivity contribution is 6.21. The van der Waals surface area contributed by atoms with Crippen LogP contribution in [0.3, 0.4) is 0 Å². The number of alkyl halides is 3. The van der Waals surface area contributed by atoms with Crippen molar-refractivity contribution in [2.45, 2.75) is 51.4 Å². The second kappa shape index (κ2) is 10.7. The molecule has 1 fully saturated rings. The van der Waals surface area contributed by atoms with E-state index in [0.717, 1.165) is 29.2 Å². The van der Waals surface area contributed by atoms with Gasteiger partial charge in [0.15, 0.2) is 0 Å². The third-order valence-electron chi connectivity index (χ3n) is 6.72. The number of nitrogens with zero attached hydrogens (tertiary/aromatic N) is 3. The Kier molecular flexibility index (Phi) is 7.72. The maximum atomic E-state index is 13.1. The molecule has 8 nitrogen and oxygen atoms in total. The summed E-state index contributed by atoms with van der Waals surface area (Å²) in [5, 5.41) is 0. The molecule has 2 aromatic carbocycles. The van der Waals surface area contributed by atoms with Gasteiger partial charge in [-0.15, -0.1) is 0 Å². The van der Waals surface area contributed by atoms with E-state index in [9.17, 15) is 32.3 Å². The molecule has 11 heteroatoms. The molecule has 0 unspecified atom stereocenters. The number of benzene rings is 2. The standard InChI is InChI=1S/C28H30F3N3O5/c1-27(2,3)39-26(38)33(16-17-34-24(36)21-6-4-5-7-22(21)25(34)37)20-12-14-32(15-13-20)23(35)18-8-10-19(11-9-18)28(29,30)31/h4-11,20H,12-17H2,1-3H3. The highest BCUT2D eigenvalue weighted by Gasteiger charge is 2.38. The van der Waals surface area contributed by atoms with Gasteiger partial charge in [0.1, 0.15) is 5.60 Å². The van der Waals surface area contributed by atoms with Gasteiger partial charge in [0.2, 0.25) is 0 Å². The molecule has 2 heterocycles. The second-order valence-electron chi connectivity index (χ2n) is 10.6. The van der Waals surface area contributed by atoms with E-state index in [1.54, 1.807) is 45.0 Å². The zero-order valence-corrected chi connectivity index (χ0v) is 22.0. The zero-order valence-electron chi connectivity index (χ0n) is 22.0. The van der Waals surface area contributed by atoms with Crippen LogP contribution in [0.25, 0.3) is 0 Å². The molecule has 0 aromatic heterocycles. The largest absolute Gasteiger partial charge is 0.444 e. The summed E-state index contributed by atoms with van der Waals surface area (Å²) in [6, 6.07) is 10.3. The summed E-state index contributed by atoms with van der Waals surface area (Å²) in [7, 11) is 0. The number of piperidine rings is 1. The summed E-state index contributed by atoms with van der Waals surface area (Å²) in [6.45, 7) is 5.79. The third kappa shape index (κ3) is 6.23. The molecule has 0 radical (unpaired) electrons. The predicted molar refractivity (Wildman–Crippen MR) is 135 cm³/mol. The van der Waals surface area contributed by atoms with Gasteiger partial charge < -0.3 is 14.5 Å². The molecule has 0 saturated carbocycles. The lowest BCUT2D eigenvalue weighted by atomic mass is 10.0. The van der Waals surface area contributed by atoms with Gasteiger partial charge in [0.05, 0.1) is 16.7 Å². The van der Waals surface area contributed by atoms with Crippen LogP contribution in [-0.4, -0.2) is 76.3 Å². The van der Waals surface area contributed by atoms with Crippen molar-refractivity contribution < 1.29 is 37.1 Å². The SMILES string of the molecule is CC(C)(C)OC(=O)N(CCN1C(=O)c2ccccc2C1=O)C1CCN(C(=O)c2ccc(C(F)(F)F)cc2)CC1. The van der Waals surface area contributed by atoms with Crippen LogP contribution in [0.15, 0.2) is 48.5 Å². The third-order valence-corrected chi connectivity index (χ3v) is 6.72. The van der Waals surface area contributed by atoms with Gasteiger partial charge in [0.25, 0.3) is 17.7 Å². The van der Waals surface area contributed by atoms with Gasteiger partial charge >= 0.3 is 12.3 Å². The molecular formula is C28H30F3N3O5. The minimum atomic E-state index is -4.49. The van der Waals surface area contributed by atoms with Gasteiger partial charge in [0, 0.05) is 37.8 Å². The minimum absolute atomic E-state index is 0.0176. The van der Waals surface area contributed by atoms with Crippen molar-refractivity contribution in [1.29, 1.82) is 0 Å². The van der Waals surface area contributed by atoms with E-state index >= 15 is 0 Å². The fraction of sp³-hybridized carbons (Fsp3) is 0.429. The molecule has 2 aliphatic heterocycles. The van der Waals surface area contributed by atoms with E-state index in [-0.39, 0.29) is 37.8 Å². The number of halogens is 3. The number of hydrogen-bond donors (Lipinski definition) is 0. The van der Waals surface area contributed by atoms with Crippen molar-refractivity contribution in [2.75, 3.05) is 26.2 Å². The van der Waals surface area contributed by atoms with Gasteiger partial charge in [-0.05, 0) is 70.0 Å². The Balaban J connectivity index is 1.42. The van der Waals surface area contributed by atoms with Crippen LogP contribution in [0.2, 0.25) is 0 Å². The second-order valence-corrected chi connectivity index (χ2v) is 10.6. The Morgan fingerprint density at radius 1 is 0.923 bits per heavy atom. The van der Waals surface area contributed by atoms with Crippen molar-refractivity contribution in [3.63, 3.8) is 0 Å². The molecule has 0 N–H and O–H groups in total. The molecule has 2 aliphatic rings. The molecule has 208 valence electrons. The average molecular weight is 546 g/mol. The van der Waals surface area contributed by atoms with E-state index in [4.69, 9.17) is 4.74 Å². The Hall–Kier alpha value is -3.89. The van der Waals surface area contributed by atoms with E-state index in [1.165, 1.54) is 9.80 Å². The summed E-state index contributed by atoms with van der Waals surface area (Å²) < 4.78 is 44.2. The van der Waals surface area contributed by atoms with Crippen LogP contribution in [0, 0.1) is 0 Å². The summed E-state index contributed by atoms with van der Waals surface area (Å²) in [5.74, 6) is -1.23. The smallest absolute Gasteiger partial charge is 0.416 e. The van der Waals surface area contributed by atoms with Crippen molar-refractivity contribution in [3.8, 4) is 0 Å². The summed E-state index contributed by atoms with van der Waals surface area (Å²) in [6.07, 6.45) is -4.29. The first-order valence-corrected chi connectivity index (χ1v) is 12.7. The number of rotatable bonds is 5. The fourth-order valence-corrected chi connectivity index (χ4v) is 4.76. The van der Waals surface area contributed by atoms with Crippen molar-refractivity contribution in [2.24, 2.45) is 0 Å². The van der Waals surface area contributed by atoms with Crippen LogP contribution < -0.4 is 0 Å². The van der Waals surface area contributed by atoms with Gasteiger partial charge in [-0.3, -0.25) is 19.3 Å². The highest BCUT2D eigenvalue weighted by atomic mass is 19.4. The maximum Gasteiger partial charge on any atom is 0.416 e. The maximum absolute atomic E-state index is 13.1. The fourth-order valence-electron chi connectivity index (χ4n) is 4.76. The summed E-state index contributed by atoms with van der Waals surface area (Å²) in [4.78, 5) is 55.8. The van der Waals surface area contributed by atoms with Crippen LogP contribution in [0.5, 0.6) is 0 Å². The average Bonchev–Trinajstić information content (AvgIpc) is 3.12. The van der Waals surface area contributed by atoms with Gasteiger partial charge in [-0.2, -0.15) is 13.2 Å². The van der Waals surface area contributed by atoms with E-state index in [2.05, 4.69) is 0 Å². The molecule has 4 rings (SSSR count). The monoisotopic (exact) mass is 545 g/mol. The lowest BCUT2D eigenvalue weighted by Gasteiger charge is -2.39. The van der Waals surface area contributed by atoms with Crippen molar-refractivity contribution in [1.82, 2.24) is 14.7 Å². The number of amides is 4. The first-order valence-electron chi connectivity index (χ1n) is 12.7. The Morgan fingerprint density at radius 3 is 1.95 bits per heavy atom. The normalized spacial score (nSPS) is 16.4. The number of imide groups is 1. The van der Waals surface area contributed by atoms with Gasteiger partial charge in [-0.25, -0.2) is 4.79 Å². The quantitative estimate of drug-likeness (QED) is 0.502. The van der Waals surface area contributed by atoms with E-state index in [1.807, 2.05) is 0 Å². The minimum Gasteiger partial charge on any atom is -0.444 e. The first-order chi connectivity index (χ1) is 18.3. The Bertz CT molecular complexity index is 1230. The molecule has 1 saturated heterocycles. The van der Waals surface area contributed by atoms with Gasteiger partial charge in [-0.1, -0.05) is 12.1 Å². The van der Waals surface area contributed by atoms with Crippen LogP contribution in [0.1, 0.15) is 70.3 Å².